The van der Waals surface area contributed by atoms with Gasteiger partial charge in [0.15, 0.2) is 0 Å². The third-order valence-corrected chi connectivity index (χ3v) is 5.23. The van der Waals surface area contributed by atoms with E-state index in [1.807, 2.05) is 43.3 Å². The SMILES string of the molecule is CCOC(=O)[C@@H]1[C@@H]2C=C[C@]3(CN(Cc4ccc(C)cc4)C(=O)[C@H]13)O2. The summed E-state index contributed by atoms with van der Waals surface area (Å²) >= 11 is 0. The Labute approximate surface area is 141 Å². The lowest BCUT2D eigenvalue weighted by Crippen LogP contribution is -2.40. The molecule has 1 amide bonds. The van der Waals surface area contributed by atoms with Crippen molar-refractivity contribution in [3.05, 3.63) is 47.5 Å². The van der Waals surface area contributed by atoms with Crippen molar-refractivity contribution in [2.45, 2.75) is 32.1 Å². The predicted octanol–water partition coefficient (Wildman–Crippen LogP) is 1.84. The van der Waals surface area contributed by atoms with Crippen LogP contribution in [0.3, 0.4) is 0 Å². The summed E-state index contributed by atoms with van der Waals surface area (Å²) in [5.41, 5.74) is 1.61. The average Bonchev–Trinajstić information content (AvgIpc) is 3.19. The van der Waals surface area contributed by atoms with E-state index >= 15 is 0 Å². The molecule has 2 saturated heterocycles. The molecule has 0 radical (unpaired) electrons. The summed E-state index contributed by atoms with van der Waals surface area (Å²) in [6, 6.07) is 8.15. The second-order valence-corrected chi connectivity index (χ2v) is 6.83. The Hall–Kier alpha value is -2.14. The van der Waals surface area contributed by atoms with Crippen molar-refractivity contribution in [2.75, 3.05) is 13.2 Å². The zero-order valence-electron chi connectivity index (χ0n) is 13.9. The van der Waals surface area contributed by atoms with E-state index in [-0.39, 0.29) is 18.0 Å². The minimum Gasteiger partial charge on any atom is -0.466 e. The fourth-order valence-electron chi connectivity index (χ4n) is 4.13. The summed E-state index contributed by atoms with van der Waals surface area (Å²) in [5.74, 6) is -1.33. The van der Waals surface area contributed by atoms with Gasteiger partial charge in [-0.15, -0.1) is 0 Å². The second-order valence-electron chi connectivity index (χ2n) is 6.83. The van der Waals surface area contributed by atoms with Gasteiger partial charge >= 0.3 is 5.97 Å². The number of benzene rings is 1. The Morgan fingerprint density at radius 3 is 2.83 bits per heavy atom. The molecule has 4 atom stereocenters. The van der Waals surface area contributed by atoms with Crippen molar-refractivity contribution in [2.24, 2.45) is 11.8 Å². The second kappa shape index (κ2) is 5.45. The minimum atomic E-state index is -0.663. The Kier molecular flexibility index (Phi) is 3.49. The number of amides is 1. The van der Waals surface area contributed by atoms with Crippen LogP contribution in [-0.2, 0) is 25.6 Å². The normalized spacial score (nSPS) is 33.2. The zero-order valence-corrected chi connectivity index (χ0v) is 13.9. The largest absolute Gasteiger partial charge is 0.466 e. The summed E-state index contributed by atoms with van der Waals surface area (Å²) in [4.78, 5) is 27.1. The Balaban J connectivity index is 1.58. The van der Waals surface area contributed by atoms with Crippen LogP contribution in [0.25, 0.3) is 0 Å². The van der Waals surface area contributed by atoms with Crippen LogP contribution in [0.4, 0.5) is 0 Å². The number of fused-ring (bicyclic) bond motifs is 1. The highest BCUT2D eigenvalue weighted by Gasteiger charge is 2.67. The monoisotopic (exact) mass is 327 g/mol. The molecule has 24 heavy (non-hydrogen) atoms. The van der Waals surface area contributed by atoms with Crippen molar-refractivity contribution in [1.29, 1.82) is 0 Å². The number of hydrogen-bond donors (Lipinski definition) is 0. The third-order valence-electron chi connectivity index (χ3n) is 5.23. The Bertz CT molecular complexity index is 711. The summed E-state index contributed by atoms with van der Waals surface area (Å²) in [7, 11) is 0. The number of carbonyl (C=O) groups is 2. The molecule has 3 aliphatic heterocycles. The van der Waals surface area contributed by atoms with E-state index in [9.17, 15) is 9.59 Å². The standard InChI is InChI=1S/C19H21NO4/c1-3-23-18(22)15-14-8-9-19(24-14)11-20(17(21)16(15)19)10-13-6-4-12(2)5-7-13/h4-9,14-16H,3,10-11H2,1-2H3/t14-,15+,16-,19+/m0/s1. The highest BCUT2D eigenvalue weighted by Crippen LogP contribution is 2.52. The molecule has 0 saturated carbocycles. The van der Waals surface area contributed by atoms with E-state index in [0.717, 1.165) is 5.56 Å². The van der Waals surface area contributed by atoms with Gasteiger partial charge in [0.1, 0.15) is 11.5 Å². The molecule has 3 heterocycles. The van der Waals surface area contributed by atoms with Crippen LogP contribution in [0.1, 0.15) is 18.1 Å². The van der Waals surface area contributed by atoms with E-state index < -0.39 is 17.4 Å². The van der Waals surface area contributed by atoms with Gasteiger partial charge in [0, 0.05) is 6.54 Å². The quantitative estimate of drug-likeness (QED) is 0.625. The topological polar surface area (TPSA) is 55.8 Å². The van der Waals surface area contributed by atoms with Crippen LogP contribution in [0.5, 0.6) is 0 Å². The van der Waals surface area contributed by atoms with E-state index in [1.165, 1.54) is 5.56 Å². The molecular formula is C19H21NO4. The number of likely N-dealkylation sites (tertiary alicyclic amines) is 1. The molecular weight excluding hydrogens is 306 g/mol. The number of nitrogens with zero attached hydrogens (tertiary/aromatic N) is 1. The van der Waals surface area contributed by atoms with Crippen molar-refractivity contribution < 1.29 is 19.1 Å². The van der Waals surface area contributed by atoms with E-state index in [2.05, 4.69) is 0 Å². The molecule has 126 valence electrons. The van der Waals surface area contributed by atoms with Gasteiger partial charge in [-0.3, -0.25) is 9.59 Å². The van der Waals surface area contributed by atoms with Gasteiger partial charge in [0.05, 0.1) is 25.2 Å². The molecule has 1 spiro atoms. The smallest absolute Gasteiger partial charge is 0.312 e. The molecule has 0 aliphatic carbocycles. The molecule has 0 N–H and O–H groups in total. The first-order chi connectivity index (χ1) is 11.5. The molecule has 2 bridgehead atoms. The van der Waals surface area contributed by atoms with Crippen molar-refractivity contribution in [1.82, 2.24) is 4.90 Å². The minimum absolute atomic E-state index is 0.0134. The van der Waals surface area contributed by atoms with E-state index in [0.29, 0.717) is 19.7 Å². The maximum absolute atomic E-state index is 13.0. The molecule has 0 aromatic heterocycles. The Morgan fingerprint density at radius 2 is 2.12 bits per heavy atom. The highest BCUT2D eigenvalue weighted by molar-refractivity contribution is 5.91. The number of ether oxygens (including phenoxy) is 2. The summed E-state index contributed by atoms with van der Waals surface area (Å²) < 4.78 is 11.2. The van der Waals surface area contributed by atoms with Gasteiger partial charge in [0.2, 0.25) is 5.91 Å². The average molecular weight is 327 g/mol. The molecule has 2 fully saturated rings. The first kappa shape index (κ1) is 15.4. The van der Waals surface area contributed by atoms with Crippen molar-refractivity contribution in [3.8, 4) is 0 Å². The molecule has 0 unspecified atom stereocenters. The van der Waals surface area contributed by atoms with Gasteiger partial charge in [-0.25, -0.2) is 0 Å². The summed E-state index contributed by atoms with van der Waals surface area (Å²) in [5, 5.41) is 0. The van der Waals surface area contributed by atoms with Crippen LogP contribution < -0.4 is 0 Å². The molecule has 3 aliphatic rings. The summed E-state index contributed by atoms with van der Waals surface area (Å²) in [6.07, 6.45) is 3.53. The third kappa shape index (κ3) is 2.18. The highest BCUT2D eigenvalue weighted by atomic mass is 16.6. The molecule has 5 nitrogen and oxygen atoms in total. The van der Waals surface area contributed by atoms with Crippen LogP contribution in [0.15, 0.2) is 36.4 Å². The molecule has 4 rings (SSSR count). The van der Waals surface area contributed by atoms with Gasteiger partial charge in [-0.2, -0.15) is 0 Å². The summed E-state index contributed by atoms with van der Waals surface area (Å²) in [6.45, 7) is 5.15. The predicted molar refractivity (Wildman–Crippen MR) is 87.0 cm³/mol. The fraction of sp³-hybridized carbons (Fsp3) is 0.474. The van der Waals surface area contributed by atoms with Gasteiger partial charge in [-0.1, -0.05) is 42.0 Å². The van der Waals surface area contributed by atoms with Crippen LogP contribution >= 0.6 is 0 Å². The van der Waals surface area contributed by atoms with Crippen molar-refractivity contribution >= 4 is 11.9 Å². The molecule has 1 aromatic rings. The van der Waals surface area contributed by atoms with Gasteiger partial charge in [0.25, 0.3) is 0 Å². The van der Waals surface area contributed by atoms with Gasteiger partial charge < -0.3 is 14.4 Å². The fourth-order valence-corrected chi connectivity index (χ4v) is 4.13. The number of rotatable bonds is 4. The Morgan fingerprint density at radius 1 is 1.38 bits per heavy atom. The van der Waals surface area contributed by atoms with Gasteiger partial charge in [-0.05, 0) is 19.4 Å². The molecule has 5 heteroatoms. The maximum atomic E-state index is 13.0. The van der Waals surface area contributed by atoms with E-state index in [4.69, 9.17) is 9.47 Å². The van der Waals surface area contributed by atoms with Crippen LogP contribution in [0.2, 0.25) is 0 Å². The first-order valence-electron chi connectivity index (χ1n) is 8.42. The number of carbonyl (C=O) groups excluding carboxylic acids is 2. The van der Waals surface area contributed by atoms with E-state index in [1.54, 1.807) is 11.8 Å². The van der Waals surface area contributed by atoms with Crippen LogP contribution in [0, 0.1) is 18.8 Å². The maximum Gasteiger partial charge on any atom is 0.312 e. The number of hydrogen-bond acceptors (Lipinski definition) is 4. The lowest BCUT2D eigenvalue weighted by molar-refractivity contribution is -0.153. The zero-order chi connectivity index (χ0) is 16.9. The number of aryl methyl sites for hydroxylation is 1. The lowest BCUT2D eigenvalue weighted by atomic mass is 9.77. The lowest BCUT2D eigenvalue weighted by Gasteiger charge is -2.22. The van der Waals surface area contributed by atoms with Crippen LogP contribution in [-0.4, -0.2) is 41.6 Å². The molecule has 1 aromatic carbocycles. The number of esters is 1. The van der Waals surface area contributed by atoms with Crippen molar-refractivity contribution in [3.63, 3.8) is 0 Å². The first-order valence-corrected chi connectivity index (χ1v) is 8.42.